The Hall–Kier alpha value is -2.25. The molecule has 24 heavy (non-hydrogen) atoms. The van der Waals surface area contributed by atoms with Crippen LogP contribution in [0.1, 0.15) is 43.1 Å². The van der Waals surface area contributed by atoms with E-state index in [9.17, 15) is 14.7 Å². The Morgan fingerprint density at radius 3 is 2.67 bits per heavy atom. The molecule has 0 bridgehead atoms. The summed E-state index contributed by atoms with van der Waals surface area (Å²) in [6, 6.07) is 4.31. The number of methoxy groups -OCH3 is 1. The van der Waals surface area contributed by atoms with E-state index in [1.165, 1.54) is 11.3 Å². The molecule has 1 aromatic heterocycles. The number of aliphatic carboxylic acids is 1. The monoisotopic (exact) mass is 348 g/mol. The van der Waals surface area contributed by atoms with Crippen LogP contribution in [0.25, 0.3) is 0 Å². The molecule has 1 heterocycles. The predicted molar refractivity (Wildman–Crippen MR) is 91.3 cm³/mol. The van der Waals surface area contributed by atoms with Crippen molar-refractivity contribution in [2.24, 2.45) is 0 Å². The second kappa shape index (κ2) is 7.55. The lowest BCUT2D eigenvalue weighted by Gasteiger charge is -2.18. The molecule has 2 N–H and O–H groups in total. The fraction of sp³-hybridized carbons (Fsp3) is 0.353. The lowest BCUT2D eigenvalue weighted by Crippen LogP contribution is -2.34. The summed E-state index contributed by atoms with van der Waals surface area (Å²) in [5.41, 5.74) is 2.97. The second-order valence-electron chi connectivity index (χ2n) is 5.49. The van der Waals surface area contributed by atoms with Gasteiger partial charge in [0.25, 0.3) is 5.91 Å². The van der Waals surface area contributed by atoms with Crippen LogP contribution in [-0.2, 0) is 16.1 Å². The third kappa shape index (κ3) is 3.80. The number of ether oxygens (including phenoxy) is 1. The number of amides is 1. The normalized spacial score (nSPS) is 12.0. The molecule has 2 aromatic rings. The largest absolute Gasteiger partial charge is 0.479 e. The Bertz CT molecular complexity index is 770. The summed E-state index contributed by atoms with van der Waals surface area (Å²) in [5.74, 6) is -1.54. The molecule has 1 unspecified atom stereocenters. The summed E-state index contributed by atoms with van der Waals surface area (Å²) in [5, 5.41) is 12.8. The fourth-order valence-electron chi connectivity index (χ4n) is 2.40. The first kappa shape index (κ1) is 18.1. The number of benzene rings is 1. The van der Waals surface area contributed by atoms with Crippen LogP contribution < -0.4 is 5.32 Å². The van der Waals surface area contributed by atoms with E-state index in [2.05, 4.69) is 10.3 Å². The molecule has 128 valence electrons. The zero-order chi connectivity index (χ0) is 17.9. The standard InChI is InChI=1S/C17H20N2O4S/c1-9-6-5-7-12(10(9)2)14(17(21)22)19-16(20)15-11(3)18-13(24-15)8-23-4/h5-7,14H,8H2,1-4H3,(H,19,20)(H,21,22). The van der Waals surface area contributed by atoms with Crippen LogP contribution in [0, 0.1) is 20.8 Å². The Morgan fingerprint density at radius 1 is 1.33 bits per heavy atom. The average Bonchev–Trinajstić information content (AvgIpc) is 2.89. The van der Waals surface area contributed by atoms with Gasteiger partial charge in [0, 0.05) is 7.11 Å². The molecule has 0 aliphatic heterocycles. The first-order chi connectivity index (χ1) is 11.3. The van der Waals surface area contributed by atoms with Gasteiger partial charge in [0.05, 0.1) is 12.3 Å². The van der Waals surface area contributed by atoms with Gasteiger partial charge in [0.2, 0.25) is 0 Å². The summed E-state index contributed by atoms with van der Waals surface area (Å²) in [7, 11) is 1.55. The van der Waals surface area contributed by atoms with E-state index in [1.54, 1.807) is 26.2 Å². The van der Waals surface area contributed by atoms with E-state index in [0.29, 0.717) is 27.7 Å². The number of aryl methyl sites for hydroxylation is 2. The molecule has 1 atom stereocenters. The van der Waals surface area contributed by atoms with E-state index in [4.69, 9.17) is 4.74 Å². The van der Waals surface area contributed by atoms with Gasteiger partial charge in [0.15, 0.2) is 6.04 Å². The number of carboxylic acid groups (broad SMARTS) is 1. The Kier molecular flexibility index (Phi) is 5.69. The summed E-state index contributed by atoms with van der Waals surface area (Å²) < 4.78 is 5.02. The van der Waals surface area contributed by atoms with Gasteiger partial charge < -0.3 is 15.2 Å². The van der Waals surface area contributed by atoms with E-state index >= 15 is 0 Å². The summed E-state index contributed by atoms with van der Waals surface area (Å²) >= 11 is 1.21. The van der Waals surface area contributed by atoms with Gasteiger partial charge in [-0.1, -0.05) is 18.2 Å². The van der Waals surface area contributed by atoms with Gasteiger partial charge in [-0.05, 0) is 37.5 Å². The number of carbonyl (C=O) groups excluding carboxylic acids is 1. The van der Waals surface area contributed by atoms with E-state index in [0.717, 1.165) is 11.1 Å². The fourth-order valence-corrected chi connectivity index (χ4v) is 3.34. The molecule has 0 fully saturated rings. The molecular formula is C17H20N2O4S. The second-order valence-corrected chi connectivity index (χ2v) is 6.57. The number of carbonyl (C=O) groups is 2. The van der Waals surface area contributed by atoms with Gasteiger partial charge in [-0.15, -0.1) is 11.3 Å². The molecule has 7 heteroatoms. The molecule has 0 saturated heterocycles. The highest BCUT2D eigenvalue weighted by atomic mass is 32.1. The van der Waals surface area contributed by atoms with Crippen molar-refractivity contribution in [2.45, 2.75) is 33.4 Å². The van der Waals surface area contributed by atoms with E-state index in [-0.39, 0.29) is 0 Å². The number of nitrogens with one attached hydrogen (secondary N) is 1. The minimum Gasteiger partial charge on any atom is -0.479 e. The van der Waals surface area contributed by atoms with Crippen molar-refractivity contribution in [3.8, 4) is 0 Å². The van der Waals surface area contributed by atoms with Crippen LogP contribution in [0.4, 0.5) is 0 Å². The number of hydrogen-bond donors (Lipinski definition) is 2. The van der Waals surface area contributed by atoms with Crippen molar-refractivity contribution < 1.29 is 19.4 Å². The molecule has 6 nitrogen and oxygen atoms in total. The quantitative estimate of drug-likeness (QED) is 0.838. The minimum atomic E-state index is -1.11. The predicted octanol–water partition coefficient (Wildman–Crippen LogP) is 2.77. The van der Waals surface area contributed by atoms with Crippen LogP contribution in [0.15, 0.2) is 18.2 Å². The van der Waals surface area contributed by atoms with Crippen LogP contribution in [-0.4, -0.2) is 29.1 Å². The number of nitrogens with zero attached hydrogens (tertiary/aromatic N) is 1. The van der Waals surface area contributed by atoms with Crippen LogP contribution >= 0.6 is 11.3 Å². The molecule has 1 amide bonds. The van der Waals surface area contributed by atoms with Gasteiger partial charge in [-0.2, -0.15) is 0 Å². The molecular weight excluding hydrogens is 328 g/mol. The average molecular weight is 348 g/mol. The van der Waals surface area contributed by atoms with E-state index < -0.39 is 17.9 Å². The lowest BCUT2D eigenvalue weighted by molar-refractivity contribution is -0.139. The highest BCUT2D eigenvalue weighted by Crippen LogP contribution is 2.23. The molecule has 0 spiro atoms. The topological polar surface area (TPSA) is 88.5 Å². The van der Waals surface area contributed by atoms with Gasteiger partial charge >= 0.3 is 5.97 Å². The lowest BCUT2D eigenvalue weighted by atomic mass is 9.97. The number of aromatic nitrogens is 1. The SMILES string of the molecule is COCc1nc(C)c(C(=O)NC(C(=O)O)c2cccc(C)c2C)s1. The smallest absolute Gasteiger partial charge is 0.330 e. The van der Waals surface area contributed by atoms with Crippen LogP contribution in [0.3, 0.4) is 0 Å². The zero-order valence-corrected chi connectivity index (χ0v) is 14.9. The number of thiazole rings is 1. The van der Waals surface area contributed by atoms with Crippen molar-refractivity contribution in [3.63, 3.8) is 0 Å². The maximum Gasteiger partial charge on any atom is 0.330 e. The van der Waals surface area contributed by atoms with Crippen LogP contribution in [0.2, 0.25) is 0 Å². The highest BCUT2D eigenvalue weighted by Gasteiger charge is 2.26. The van der Waals surface area contributed by atoms with Crippen molar-refractivity contribution in [1.29, 1.82) is 0 Å². The summed E-state index contributed by atoms with van der Waals surface area (Å²) in [6.07, 6.45) is 0. The molecule has 0 aliphatic rings. The van der Waals surface area contributed by atoms with Gasteiger partial charge in [0.1, 0.15) is 9.88 Å². The van der Waals surface area contributed by atoms with Crippen LogP contribution in [0.5, 0.6) is 0 Å². The third-order valence-corrected chi connectivity index (χ3v) is 4.92. The summed E-state index contributed by atoms with van der Waals surface area (Å²) in [4.78, 5) is 28.9. The first-order valence-electron chi connectivity index (χ1n) is 7.40. The minimum absolute atomic E-state index is 0.318. The van der Waals surface area contributed by atoms with Gasteiger partial charge in [-0.3, -0.25) is 4.79 Å². The molecule has 0 radical (unpaired) electrons. The third-order valence-electron chi connectivity index (χ3n) is 3.79. The molecule has 0 aliphatic carbocycles. The summed E-state index contributed by atoms with van der Waals surface area (Å²) in [6.45, 7) is 5.79. The van der Waals surface area contributed by atoms with Gasteiger partial charge in [-0.25, -0.2) is 9.78 Å². The Morgan fingerprint density at radius 2 is 2.04 bits per heavy atom. The van der Waals surface area contributed by atoms with E-state index in [1.807, 2.05) is 19.9 Å². The maximum absolute atomic E-state index is 12.5. The maximum atomic E-state index is 12.5. The van der Waals surface area contributed by atoms with Crippen molar-refractivity contribution in [3.05, 3.63) is 50.5 Å². The first-order valence-corrected chi connectivity index (χ1v) is 8.21. The number of rotatable bonds is 6. The zero-order valence-electron chi connectivity index (χ0n) is 14.0. The Balaban J connectivity index is 2.30. The van der Waals surface area contributed by atoms with Crippen molar-refractivity contribution in [1.82, 2.24) is 10.3 Å². The molecule has 1 aromatic carbocycles. The number of hydrogen-bond acceptors (Lipinski definition) is 5. The molecule has 2 rings (SSSR count). The Labute approximate surface area is 144 Å². The molecule has 0 saturated carbocycles. The highest BCUT2D eigenvalue weighted by molar-refractivity contribution is 7.13. The number of carboxylic acids is 1. The van der Waals surface area contributed by atoms with Crippen molar-refractivity contribution >= 4 is 23.2 Å². The van der Waals surface area contributed by atoms with Crippen molar-refractivity contribution in [2.75, 3.05) is 7.11 Å².